The Morgan fingerprint density at radius 1 is 1.11 bits per heavy atom. The third kappa shape index (κ3) is 6.42. The molecule has 0 aliphatic carbocycles. The van der Waals surface area contributed by atoms with E-state index in [1.54, 1.807) is 12.1 Å². The monoisotopic (exact) mass is 444 g/mol. The number of pyridine rings is 1. The number of nitrogens with one attached hydrogen (secondary N) is 2. The Morgan fingerprint density at radius 2 is 1.86 bits per heavy atom. The molecule has 0 atom stereocenters. The summed E-state index contributed by atoms with van der Waals surface area (Å²) in [4.78, 5) is 30.9. The maximum Gasteiger partial charge on any atom is 0.251 e. The van der Waals surface area contributed by atoms with Gasteiger partial charge in [0.2, 0.25) is 5.91 Å². The molecule has 0 radical (unpaired) electrons. The molecule has 1 aliphatic heterocycles. The first-order chi connectivity index (χ1) is 13.6. The summed E-state index contributed by atoms with van der Waals surface area (Å²) in [5.74, 6) is -0.178. The normalized spacial score (nSPS) is 15.2. The van der Waals surface area contributed by atoms with Crippen molar-refractivity contribution in [2.45, 2.75) is 31.8 Å². The summed E-state index contributed by atoms with van der Waals surface area (Å²) in [7, 11) is 0. The molecular formula is C21H25BrN4O2. The van der Waals surface area contributed by atoms with Gasteiger partial charge in [-0.15, -0.1) is 0 Å². The van der Waals surface area contributed by atoms with Crippen molar-refractivity contribution in [1.29, 1.82) is 0 Å². The molecule has 1 aromatic heterocycles. The minimum Gasteiger partial charge on any atom is -0.353 e. The number of aromatic nitrogens is 1. The zero-order chi connectivity index (χ0) is 19.8. The molecule has 3 rings (SSSR count). The van der Waals surface area contributed by atoms with E-state index in [2.05, 4.69) is 36.4 Å². The van der Waals surface area contributed by atoms with Crippen molar-refractivity contribution in [3.63, 3.8) is 0 Å². The Morgan fingerprint density at radius 3 is 2.54 bits per heavy atom. The molecule has 6 nitrogen and oxygen atoms in total. The first kappa shape index (κ1) is 20.5. The molecular weight excluding hydrogens is 420 g/mol. The molecule has 0 bridgehead atoms. The summed E-state index contributed by atoms with van der Waals surface area (Å²) in [6.07, 6.45) is 3.97. The first-order valence-electron chi connectivity index (χ1n) is 9.55. The summed E-state index contributed by atoms with van der Waals surface area (Å²) >= 11 is 3.34. The molecule has 1 aliphatic rings. The van der Waals surface area contributed by atoms with Crippen molar-refractivity contribution >= 4 is 27.7 Å². The van der Waals surface area contributed by atoms with Crippen LogP contribution in [0.4, 0.5) is 0 Å². The third-order valence-electron chi connectivity index (χ3n) is 4.81. The summed E-state index contributed by atoms with van der Waals surface area (Å²) in [6, 6.07) is 13.3. The van der Waals surface area contributed by atoms with Crippen molar-refractivity contribution in [2.24, 2.45) is 0 Å². The fourth-order valence-corrected chi connectivity index (χ4v) is 3.51. The molecule has 0 saturated carbocycles. The van der Waals surface area contributed by atoms with Gasteiger partial charge in [-0.1, -0.05) is 22.0 Å². The molecule has 2 amide bonds. The summed E-state index contributed by atoms with van der Waals surface area (Å²) < 4.78 is 0.925. The van der Waals surface area contributed by atoms with E-state index in [-0.39, 0.29) is 24.3 Å². The largest absolute Gasteiger partial charge is 0.353 e. The Balaban J connectivity index is 1.32. The van der Waals surface area contributed by atoms with Crippen LogP contribution in [-0.2, 0) is 11.3 Å². The molecule has 1 saturated heterocycles. The van der Waals surface area contributed by atoms with Gasteiger partial charge < -0.3 is 10.6 Å². The fraction of sp³-hybridized carbons (Fsp3) is 0.381. The summed E-state index contributed by atoms with van der Waals surface area (Å²) in [5.41, 5.74) is 1.66. The Kier molecular flexibility index (Phi) is 7.56. The molecule has 2 heterocycles. The second-order valence-electron chi connectivity index (χ2n) is 6.95. The molecule has 148 valence electrons. The van der Waals surface area contributed by atoms with Crippen molar-refractivity contribution in [2.75, 3.05) is 19.6 Å². The van der Waals surface area contributed by atoms with E-state index in [9.17, 15) is 9.59 Å². The van der Waals surface area contributed by atoms with Crippen LogP contribution in [-0.4, -0.2) is 47.4 Å². The number of amides is 2. The Labute approximate surface area is 173 Å². The van der Waals surface area contributed by atoms with Gasteiger partial charge in [-0.25, -0.2) is 0 Å². The van der Waals surface area contributed by atoms with Crippen molar-refractivity contribution in [1.82, 2.24) is 20.5 Å². The van der Waals surface area contributed by atoms with Crippen LogP contribution in [0.5, 0.6) is 0 Å². The van der Waals surface area contributed by atoms with Gasteiger partial charge in [0.15, 0.2) is 0 Å². The number of likely N-dealkylation sites (tertiary alicyclic amines) is 1. The number of carbonyl (C=O) groups excluding carboxylic acids is 2. The van der Waals surface area contributed by atoms with Crippen molar-refractivity contribution in [3.8, 4) is 0 Å². The van der Waals surface area contributed by atoms with Gasteiger partial charge in [-0.2, -0.15) is 0 Å². The third-order valence-corrected chi connectivity index (χ3v) is 5.34. The molecule has 7 heteroatoms. The number of hydrogen-bond donors (Lipinski definition) is 2. The van der Waals surface area contributed by atoms with E-state index in [1.165, 1.54) is 0 Å². The van der Waals surface area contributed by atoms with Crippen LogP contribution in [0.1, 0.15) is 35.3 Å². The van der Waals surface area contributed by atoms with E-state index < -0.39 is 0 Å². The molecule has 28 heavy (non-hydrogen) atoms. The highest BCUT2D eigenvalue weighted by Gasteiger charge is 2.20. The van der Waals surface area contributed by atoms with Crippen LogP contribution in [0.15, 0.2) is 53.1 Å². The zero-order valence-electron chi connectivity index (χ0n) is 15.7. The first-order valence-corrected chi connectivity index (χ1v) is 10.3. The van der Waals surface area contributed by atoms with Gasteiger partial charge in [0.1, 0.15) is 0 Å². The van der Waals surface area contributed by atoms with Gasteiger partial charge in [0, 0.05) is 54.9 Å². The minimum atomic E-state index is -0.164. The number of benzene rings is 1. The second-order valence-corrected chi connectivity index (χ2v) is 7.87. The van der Waals surface area contributed by atoms with Crippen molar-refractivity contribution < 1.29 is 9.59 Å². The highest BCUT2D eigenvalue weighted by Crippen LogP contribution is 2.13. The molecule has 0 spiro atoms. The lowest BCUT2D eigenvalue weighted by Crippen LogP contribution is -2.45. The van der Waals surface area contributed by atoms with Crippen LogP contribution >= 0.6 is 15.9 Å². The van der Waals surface area contributed by atoms with Gasteiger partial charge in [0.05, 0.1) is 5.69 Å². The molecule has 2 N–H and O–H groups in total. The SMILES string of the molecule is O=C(CCNC(=O)c1ccc(Br)cc1)NC1CCN(Cc2ccccn2)CC1. The van der Waals surface area contributed by atoms with Gasteiger partial charge in [-0.05, 0) is 49.2 Å². The summed E-state index contributed by atoms with van der Waals surface area (Å²) in [6.45, 7) is 3.08. The zero-order valence-corrected chi connectivity index (χ0v) is 17.3. The van der Waals surface area contributed by atoms with Gasteiger partial charge >= 0.3 is 0 Å². The fourth-order valence-electron chi connectivity index (χ4n) is 3.25. The van der Waals surface area contributed by atoms with Crippen LogP contribution < -0.4 is 10.6 Å². The predicted molar refractivity (Wildman–Crippen MR) is 112 cm³/mol. The Bertz CT molecular complexity index is 775. The number of piperidine rings is 1. The maximum absolute atomic E-state index is 12.2. The quantitative estimate of drug-likeness (QED) is 0.688. The lowest BCUT2D eigenvalue weighted by molar-refractivity contribution is -0.122. The van der Waals surface area contributed by atoms with Crippen LogP contribution in [0, 0.1) is 0 Å². The average molecular weight is 445 g/mol. The van der Waals surface area contributed by atoms with E-state index in [1.807, 2.05) is 36.5 Å². The number of carbonyl (C=O) groups is 2. The lowest BCUT2D eigenvalue weighted by Gasteiger charge is -2.32. The molecule has 1 aromatic carbocycles. The number of rotatable bonds is 7. The van der Waals surface area contributed by atoms with Gasteiger partial charge in [-0.3, -0.25) is 19.5 Å². The maximum atomic E-state index is 12.2. The van der Waals surface area contributed by atoms with E-state index in [0.29, 0.717) is 12.1 Å². The average Bonchev–Trinajstić information content (AvgIpc) is 2.71. The predicted octanol–water partition coefficient (Wildman–Crippen LogP) is 2.74. The van der Waals surface area contributed by atoms with Crippen LogP contribution in [0.25, 0.3) is 0 Å². The molecule has 1 fully saturated rings. The van der Waals surface area contributed by atoms with E-state index in [0.717, 1.165) is 42.6 Å². The van der Waals surface area contributed by atoms with E-state index in [4.69, 9.17) is 0 Å². The smallest absolute Gasteiger partial charge is 0.251 e. The number of hydrogen-bond acceptors (Lipinski definition) is 4. The lowest BCUT2D eigenvalue weighted by atomic mass is 10.0. The standard InChI is InChI=1S/C21H25BrN4O2/c22-17-6-4-16(5-7-17)21(28)24-12-8-20(27)25-18-9-13-26(14-10-18)15-19-3-1-2-11-23-19/h1-7,11,18H,8-10,12-15H2,(H,24,28)(H,25,27). The molecule has 2 aromatic rings. The van der Waals surface area contributed by atoms with E-state index >= 15 is 0 Å². The number of halogens is 1. The number of nitrogens with zero attached hydrogens (tertiary/aromatic N) is 2. The van der Waals surface area contributed by atoms with Gasteiger partial charge in [0.25, 0.3) is 5.91 Å². The second kappa shape index (κ2) is 10.3. The van der Waals surface area contributed by atoms with Crippen molar-refractivity contribution in [3.05, 3.63) is 64.4 Å². The molecule has 0 unspecified atom stereocenters. The Hall–Kier alpha value is -2.25. The van der Waals surface area contributed by atoms with Crippen LogP contribution in [0.3, 0.4) is 0 Å². The summed E-state index contributed by atoms with van der Waals surface area (Å²) in [5, 5.41) is 5.88. The highest BCUT2D eigenvalue weighted by molar-refractivity contribution is 9.10. The highest BCUT2D eigenvalue weighted by atomic mass is 79.9. The topological polar surface area (TPSA) is 74.3 Å². The van der Waals surface area contributed by atoms with Crippen LogP contribution in [0.2, 0.25) is 0 Å². The minimum absolute atomic E-state index is 0.0146.